The molecule has 6 rings (SSSR count). The number of benzene rings is 1. The molecule has 2 aromatic heterocycles. The van der Waals surface area contributed by atoms with E-state index in [2.05, 4.69) is 40.1 Å². The highest BCUT2D eigenvalue weighted by Gasteiger charge is 2.41. The largest absolute Gasteiger partial charge is 0.497 e. The van der Waals surface area contributed by atoms with Crippen molar-refractivity contribution in [2.24, 2.45) is 13.0 Å². The number of aromatic nitrogens is 2. The first-order chi connectivity index (χ1) is 14.7. The molecule has 3 aliphatic heterocycles. The van der Waals surface area contributed by atoms with Crippen LogP contribution >= 0.6 is 0 Å². The Bertz CT molecular complexity index is 964. The van der Waals surface area contributed by atoms with E-state index in [0.29, 0.717) is 12.0 Å². The fourth-order valence-corrected chi connectivity index (χ4v) is 5.19. The molecule has 158 valence electrons. The van der Waals surface area contributed by atoms with Crippen LogP contribution in [0.5, 0.6) is 5.75 Å². The second-order valence-corrected chi connectivity index (χ2v) is 8.57. The first-order valence-electron chi connectivity index (χ1n) is 10.9. The molecule has 6 nitrogen and oxygen atoms in total. The summed E-state index contributed by atoms with van der Waals surface area (Å²) in [5.74, 6) is 3.03. The van der Waals surface area contributed by atoms with Crippen LogP contribution in [0.25, 0.3) is 11.5 Å². The quantitative estimate of drug-likeness (QED) is 0.649. The molecule has 1 aromatic carbocycles. The SMILES string of the molecule is COc1ccc(CNC[C@H]2C[C@@H]3CCN2C[C@H]3c2cc(-c3ccco3)nn2C)cc1. The van der Waals surface area contributed by atoms with Gasteiger partial charge in [-0.1, -0.05) is 12.1 Å². The fourth-order valence-electron chi connectivity index (χ4n) is 5.19. The second kappa shape index (κ2) is 8.28. The summed E-state index contributed by atoms with van der Waals surface area (Å²) < 4.78 is 12.8. The van der Waals surface area contributed by atoms with Crippen molar-refractivity contribution in [3.05, 3.63) is 60.0 Å². The molecule has 6 heteroatoms. The van der Waals surface area contributed by atoms with E-state index in [0.717, 1.165) is 42.8 Å². The standard InChI is InChI=1S/C24H30N4O2/c1-27-23(13-22(26-27)24-4-3-11-30-24)21-16-28-10-9-18(21)12-19(28)15-25-14-17-5-7-20(29-2)8-6-17/h3-8,11,13,18-19,21,25H,9-10,12,14-16H2,1-2H3/t18-,19+,21+/m0/s1. The van der Waals surface area contributed by atoms with Gasteiger partial charge in [0.2, 0.25) is 0 Å². The average molecular weight is 407 g/mol. The predicted molar refractivity (Wildman–Crippen MR) is 116 cm³/mol. The van der Waals surface area contributed by atoms with Gasteiger partial charge in [0, 0.05) is 44.3 Å². The van der Waals surface area contributed by atoms with Gasteiger partial charge in [-0.15, -0.1) is 0 Å². The minimum absolute atomic E-state index is 0.554. The van der Waals surface area contributed by atoms with Gasteiger partial charge >= 0.3 is 0 Å². The number of fused-ring (bicyclic) bond motifs is 3. The maximum atomic E-state index is 5.55. The molecule has 3 fully saturated rings. The van der Waals surface area contributed by atoms with Crippen molar-refractivity contribution in [1.82, 2.24) is 20.0 Å². The average Bonchev–Trinajstić information content (AvgIpc) is 3.44. The molecule has 5 heterocycles. The zero-order valence-electron chi connectivity index (χ0n) is 17.8. The maximum Gasteiger partial charge on any atom is 0.154 e. The highest BCUT2D eigenvalue weighted by molar-refractivity contribution is 5.52. The third kappa shape index (κ3) is 3.77. The van der Waals surface area contributed by atoms with Crippen molar-refractivity contribution in [3.8, 4) is 17.2 Å². The first kappa shape index (κ1) is 19.4. The molecule has 2 bridgehead atoms. The molecule has 1 unspecified atom stereocenters. The molecule has 3 aliphatic rings. The number of rotatable bonds is 7. The molecular formula is C24H30N4O2. The summed E-state index contributed by atoms with van der Waals surface area (Å²) in [5, 5.41) is 8.38. The summed E-state index contributed by atoms with van der Waals surface area (Å²) in [7, 11) is 3.77. The zero-order valence-corrected chi connectivity index (χ0v) is 17.8. The van der Waals surface area contributed by atoms with E-state index in [-0.39, 0.29) is 0 Å². The lowest BCUT2D eigenvalue weighted by molar-refractivity contribution is 0.0282. The van der Waals surface area contributed by atoms with Crippen LogP contribution in [0.2, 0.25) is 0 Å². The number of methoxy groups -OCH3 is 1. The van der Waals surface area contributed by atoms with E-state index in [4.69, 9.17) is 14.3 Å². The molecule has 1 N–H and O–H groups in total. The first-order valence-corrected chi connectivity index (χ1v) is 10.9. The molecule has 0 amide bonds. The van der Waals surface area contributed by atoms with Crippen molar-refractivity contribution in [2.45, 2.75) is 31.3 Å². The van der Waals surface area contributed by atoms with Crippen molar-refractivity contribution in [1.29, 1.82) is 0 Å². The summed E-state index contributed by atoms with van der Waals surface area (Å²) in [6.45, 7) is 4.27. The highest BCUT2D eigenvalue weighted by atomic mass is 16.5. The Balaban J connectivity index is 1.20. The second-order valence-electron chi connectivity index (χ2n) is 8.57. The molecule has 3 aromatic rings. The number of piperidine rings is 3. The van der Waals surface area contributed by atoms with Crippen LogP contribution in [0.15, 0.2) is 53.1 Å². The van der Waals surface area contributed by atoms with Gasteiger partial charge in [0.05, 0.1) is 13.4 Å². The van der Waals surface area contributed by atoms with Crippen molar-refractivity contribution >= 4 is 0 Å². The van der Waals surface area contributed by atoms with E-state index in [1.165, 1.54) is 30.6 Å². The molecule has 3 saturated heterocycles. The van der Waals surface area contributed by atoms with Gasteiger partial charge in [-0.05, 0) is 61.2 Å². The minimum Gasteiger partial charge on any atom is -0.497 e. The van der Waals surface area contributed by atoms with Crippen molar-refractivity contribution in [2.75, 3.05) is 26.7 Å². The summed E-state index contributed by atoms with van der Waals surface area (Å²) in [5.41, 5.74) is 3.57. The Labute approximate surface area is 177 Å². The lowest BCUT2D eigenvalue weighted by Gasteiger charge is -2.50. The molecule has 0 aliphatic carbocycles. The Morgan fingerprint density at radius 2 is 2.10 bits per heavy atom. The Kier molecular flexibility index (Phi) is 5.35. The van der Waals surface area contributed by atoms with E-state index in [1.54, 1.807) is 13.4 Å². The van der Waals surface area contributed by atoms with E-state index >= 15 is 0 Å². The fraction of sp³-hybridized carbons (Fsp3) is 0.458. The normalized spacial score (nSPS) is 25.5. The number of nitrogens with one attached hydrogen (secondary N) is 1. The Morgan fingerprint density at radius 3 is 2.80 bits per heavy atom. The number of aryl methyl sites for hydroxylation is 1. The Morgan fingerprint density at radius 1 is 1.23 bits per heavy atom. The van der Waals surface area contributed by atoms with Crippen molar-refractivity contribution in [3.63, 3.8) is 0 Å². The number of nitrogens with zero attached hydrogens (tertiary/aromatic N) is 3. The van der Waals surface area contributed by atoms with Gasteiger partial charge in [-0.25, -0.2) is 0 Å². The summed E-state index contributed by atoms with van der Waals surface area (Å²) in [6, 6.07) is 15.1. The highest BCUT2D eigenvalue weighted by Crippen LogP contribution is 2.42. The van der Waals surface area contributed by atoms with Gasteiger partial charge in [0.15, 0.2) is 5.76 Å². The smallest absolute Gasteiger partial charge is 0.154 e. The molecule has 0 saturated carbocycles. The molecular weight excluding hydrogens is 376 g/mol. The summed E-state index contributed by atoms with van der Waals surface area (Å²) in [6.07, 6.45) is 4.24. The molecule has 0 radical (unpaired) electrons. The molecule has 0 spiro atoms. The number of ether oxygens (including phenoxy) is 1. The number of hydrogen-bond donors (Lipinski definition) is 1. The van der Waals surface area contributed by atoms with Gasteiger partial charge in [-0.2, -0.15) is 5.10 Å². The Hall–Kier alpha value is -2.57. The van der Waals surface area contributed by atoms with Gasteiger partial charge in [0.1, 0.15) is 11.4 Å². The summed E-state index contributed by atoms with van der Waals surface area (Å²) >= 11 is 0. The van der Waals surface area contributed by atoms with Crippen LogP contribution in [-0.2, 0) is 13.6 Å². The van der Waals surface area contributed by atoms with Crippen molar-refractivity contribution < 1.29 is 9.15 Å². The van der Waals surface area contributed by atoms with E-state index < -0.39 is 0 Å². The zero-order chi connectivity index (χ0) is 20.5. The van der Waals surface area contributed by atoms with E-state index in [1.807, 2.05) is 24.3 Å². The predicted octanol–water partition coefficient (Wildman–Crippen LogP) is 3.66. The topological polar surface area (TPSA) is 55.5 Å². The van der Waals surface area contributed by atoms with Gasteiger partial charge < -0.3 is 14.5 Å². The summed E-state index contributed by atoms with van der Waals surface area (Å²) in [4.78, 5) is 2.67. The van der Waals surface area contributed by atoms with E-state index in [9.17, 15) is 0 Å². The lowest BCUT2D eigenvalue weighted by Crippen LogP contribution is -2.55. The minimum atomic E-state index is 0.554. The van der Waals surface area contributed by atoms with Crippen LogP contribution in [0.3, 0.4) is 0 Å². The lowest BCUT2D eigenvalue weighted by atomic mass is 9.74. The number of furan rings is 1. The van der Waals surface area contributed by atoms with Gasteiger partial charge in [0.25, 0.3) is 0 Å². The third-order valence-electron chi connectivity index (χ3n) is 6.82. The van der Waals surface area contributed by atoms with Crippen LogP contribution in [0.4, 0.5) is 0 Å². The molecule has 30 heavy (non-hydrogen) atoms. The monoisotopic (exact) mass is 406 g/mol. The van der Waals surface area contributed by atoms with Crippen LogP contribution < -0.4 is 10.1 Å². The van der Waals surface area contributed by atoms with Gasteiger partial charge in [-0.3, -0.25) is 9.58 Å². The number of hydrogen-bond acceptors (Lipinski definition) is 5. The van der Waals surface area contributed by atoms with Crippen LogP contribution in [-0.4, -0.2) is 47.5 Å². The third-order valence-corrected chi connectivity index (χ3v) is 6.82. The molecule has 4 atom stereocenters. The van der Waals surface area contributed by atoms with Crippen LogP contribution in [0, 0.1) is 5.92 Å². The van der Waals surface area contributed by atoms with Crippen LogP contribution in [0.1, 0.15) is 30.0 Å². The maximum absolute atomic E-state index is 5.55.